The van der Waals surface area contributed by atoms with Crippen molar-refractivity contribution in [2.24, 2.45) is 5.73 Å². The van der Waals surface area contributed by atoms with Crippen molar-refractivity contribution in [1.82, 2.24) is 15.5 Å². The summed E-state index contributed by atoms with van der Waals surface area (Å²) >= 11 is 1.35. The number of aliphatic carboxylic acids is 1. The molecule has 5 rings (SSSR count). The first-order valence-electron chi connectivity index (χ1n) is 15.2. The summed E-state index contributed by atoms with van der Waals surface area (Å²) in [5.41, 5.74) is 7.72. The van der Waals surface area contributed by atoms with Crippen molar-refractivity contribution in [3.8, 4) is 0 Å². The Balaban J connectivity index is 1.36. The third-order valence-corrected chi connectivity index (χ3v) is 9.31. The minimum Gasteiger partial charge on any atom is -0.480 e. The van der Waals surface area contributed by atoms with Gasteiger partial charge in [0.1, 0.15) is 6.04 Å². The van der Waals surface area contributed by atoms with Crippen LogP contribution >= 0.6 is 11.8 Å². The minimum absolute atomic E-state index is 0.0918. The molecule has 230 valence electrons. The van der Waals surface area contributed by atoms with E-state index in [9.17, 15) is 19.5 Å². The molecular formula is C35H40N4O4S. The summed E-state index contributed by atoms with van der Waals surface area (Å²) in [6, 6.07) is 26.0. The smallest absolute Gasteiger partial charge is 0.326 e. The largest absolute Gasteiger partial charge is 0.480 e. The number of unbranched alkanes of at least 4 members (excludes halogenated alkanes) is 1. The van der Waals surface area contributed by atoms with Crippen LogP contribution in [0.2, 0.25) is 0 Å². The third-order valence-electron chi connectivity index (χ3n) is 8.29. The SMILES string of the molecule is NCCCC[C@@H]1CN([C@@H](Cc2cccc3ccccc23)C(=O)O)C(=O)CSC[C@H](NCc2cccc3ccccc23)C(=O)N1. The first-order valence-corrected chi connectivity index (χ1v) is 16.4. The van der Waals surface area contributed by atoms with Gasteiger partial charge in [-0.3, -0.25) is 9.59 Å². The Kier molecular flexibility index (Phi) is 10.9. The van der Waals surface area contributed by atoms with E-state index in [1.165, 1.54) is 16.7 Å². The standard InChI is InChI=1S/C35H40N4O4S/c36-18-6-5-15-28-21-39(32(35(42)43)19-26-13-7-11-24-9-1-3-16-29(24)26)33(40)23-44-22-31(34(41)38-28)37-20-27-14-8-12-25-10-2-4-17-30(25)27/h1-4,7-14,16-17,28,31-32,37H,5-6,15,18-23,36H2,(H,38,41)(H,42,43)/t28-,31+,32+/m1/s1. The van der Waals surface area contributed by atoms with Crippen LogP contribution in [0.15, 0.2) is 84.9 Å². The number of hydrogen-bond donors (Lipinski definition) is 4. The number of carboxylic acids is 1. The van der Waals surface area contributed by atoms with E-state index < -0.39 is 24.1 Å². The molecule has 0 bridgehead atoms. The molecule has 1 aliphatic heterocycles. The first kappa shape index (κ1) is 31.5. The molecular weight excluding hydrogens is 572 g/mol. The normalized spacial score (nSPS) is 18.7. The number of nitrogens with one attached hydrogen (secondary N) is 2. The van der Waals surface area contributed by atoms with Gasteiger partial charge < -0.3 is 26.4 Å². The average molecular weight is 613 g/mol. The van der Waals surface area contributed by atoms with Crippen LogP contribution in [-0.4, -0.2) is 70.5 Å². The summed E-state index contributed by atoms with van der Waals surface area (Å²) in [6.07, 6.45) is 2.30. The molecule has 2 amide bonds. The summed E-state index contributed by atoms with van der Waals surface area (Å²) in [4.78, 5) is 41.6. The van der Waals surface area contributed by atoms with Crippen LogP contribution in [0.1, 0.15) is 30.4 Å². The number of carbonyl (C=O) groups excluding carboxylic acids is 2. The second-order valence-electron chi connectivity index (χ2n) is 11.3. The van der Waals surface area contributed by atoms with Crippen molar-refractivity contribution >= 4 is 51.1 Å². The molecule has 0 spiro atoms. The van der Waals surface area contributed by atoms with E-state index in [1.807, 2.05) is 60.7 Å². The minimum atomic E-state index is -1.07. The maximum atomic E-state index is 13.7. The Morgan fingerprint density at radius 1 is 0.932 bits per heavy atom. The summed E-state index contributed by atoms with van der Waals surface area (Å²) in [5, 5.41) is 21.2. The number of amides is 2. The lowest BCUT2D eigenvalue weighted by Gasteiger charge is -2.35. The zero-order chi connectivity index (χ0) is 30.9. The van der Waals surface area contributed by atoms with E-state index in [1.54, 1.807) is 0 Å². The third kappa shape index (κ3) is 7.77. The van der Waals surface area contributed by atoms with Crippen LogP contribution in [0.3, 0.4) is 0 Å². The summed E-state index contributed by atoms with van der Waals surface area (Å²) < 4.78 is 0. The number of carbonyl (C=O) groups is 3. The Hall–Kier alpha value is -3.92. The lowest BCUT2D eigenvalue weighted by molar-refractivity contribution is -0.149. The number of nitrogens with zero attached hydrogens (tertiary/aromatic N) is 1. The topological polar surface area (TPSA) is 125 Å². The number of fused-ring (bicyclic) bond motifs is 2. The van der Waals surface area contributed by atoms with Gasteiger partial charge in [0.25, 0.3) is 0 Å². The molecule has 1 fully saturated rings. The average Bonchev–Trinajstić information content (AvgIpc) is 3.03. The highest BCUT2D eigenvalue weighted by atomic mass is 32.2. The molecule has 0 unspecified atom stereocenters. The first-order chi connectivity index (χ1) is 21.4. The summed E-state index contributed by atoms with van der Waals surface area (Å²) in [7, 11) is 0. The Morgan fingerprint density at radius 2 is 1.57 bits per heavy atom. The molecule has 44 heavy (non-hydrogen) atoms. The number of rotatable bonds is 11. The van der Waals surface area contributed by atoms with Crippen molar-refractivity contribution in [1.29, 1.82) is 0 Å². The van der Waals surface area contributed by atoms with E-state index in [0.29, 0.717) is 25.3 Å². The second kappa shape index (κ2) is 15.2. The molecule has 3 atom stereocenters. The van der Waals surface area contributed by atoms with E-state index in [4.69, 9.17) is 5.73 Å². The Labute approximate surface area is 262 Å². The van der Waals surface area contributed by atoms with Gasteiger partial charge in [-0.25, -0.2) is 4.79 Å². The van der Waals surface area contributed by atoms with Crippen molar-refractivity contribution in [3.05, 3.63) is 96.1 Å². The number of hydrogen-bond acceptors (Lipinski definition) is 6. The van der Waals surface area contributed by atoms with Crippen molar-refractivity contribution in [2.75, 3.05) is 24.6 Å². The van der Waals surface area contributed by atoms with Gasteiger partial charge in [-0.2, -0.15) is 0 Å². The maximum absolute atomic E-state index is 13.7. The molecule has 5 N–H and O–H groups in total. The highest BCUT2D eigenvalue weighted by Crippen LogP contribution is 2.23. The number of thioether (sulfide) groups is 1. The van der Waals surface area contributed by atoms with Gasteiger partial charge in [0.05, 0.1) is 11.8 Å². The lowest BCUT2D eigenvalue weighted by atomic mass is 9.97. The lowest BCUT2D eigenvalue weighted by Crippen LogP contribution is -2.57. The molecule has 0 saturated carbocycles. The zero-order valence-corrected chi connectivity index (χ0v) is 25.6. The van der Waals surface area contributed by atoms with Gasteiger partial charge in [-0.1, -0.05) is 91.3 Å². The van der Waals surface area contributed by atoms with Gasteiger partial charge >= 0.3 is 5.97 Å². The predicted octanol–water partition coefficient (Wildman–Crippen LogP) is 4.34. The monoisotopic (exact) mass is 612 g/mol. The molecule has 0 radical (unpaired) electrons. The van der Waals surface area contributed by atoms with E-state index in [-0.39, 0.29) is 30.5 Å². The molecule has 1 heterocycles. The van der Waals surface area contributed by atoms with Gasteiger partial charge in [-0.15, -0.1) is 11.8 Å². The van der Waals surface area contributed by atoms with E-state index >= 15 is 0 Å². The van der Waals surface area contributed by atoms with Crippen molar-refractivity contribution in [3.63, 3.8) is 0 Å². The quantitative estimate of drug-likeness (QED) is 0.186. The molecule has 9 heteroatoms. The van der Waals surface area contributed by atoms with Crippen LogP contribution in [0.25, 0.3) is 21.5 Å². The van der Waals surface area contributed by atoms with Crippen LogP contribution in [0.5, 0.6) is 0 Å². The van der Waals surface area contributed by atoms with Crippen molar-refractivity contribution < 1.29 is 19.5 Å². The Morgan fingerprint density at radius 3 is 2.25 bits per heavy atom. The van der Waals surface area contributed by atoms with Gasteiger partial charge in [0.15, 0.2) is 0 Å². The second-order valence-corrected chi connectivity index (χ2v) is 12.3. The summed E-state index contributed by atoms with van der Waals surface area (Å²) in [6.45, 7) is 1.14. The van der Waals surface area contributed by atoms with E-state index in [2.05, 4.69) is 34.9 Å². The van der Waals surface area contributed by atoms with Crippen molar-refractivity contribution in [2.45, 2.75) is 50.4 Å². The molecule has 1 saturated heterocycles. The van der Waals surface area contributed by atoms with Crippen LogP contribution in [0.4, 0.5) is 0 Å². The molecule has 4 aromatic carbocycles. The van der Waals surface area contributed by atoms with Crippen LogP contribution in [0, 0.1) is 0 Å². The fourth-order valence-corrected chi connectivity index (χ4v) is 6.91. The van der Waals surface area contributed by atoms with Gasteiger partial charge in [-0.05, 0) is 52.1 Å². The van der Waals surface area contributed by atoms with Gasteiger partial charge in [0, 0.05) is 31.3 Å². The fraction of sp³-hybridized carbons (Fsp3) is 0.343. The van der Waals surface area contributed by atoms with E-state index in [0.717, 1.165) is 45.5 Å². The maximum Gasteiger partial charge on any atom is 0.326 e. The highest BCUT2D eigenvalue weighted by molar-refractivity contribution is 8.00. The number of benzene rings is 4. The molecule has 4 aromatic rings. The molecule has 0 aliphatic carbocycles. The fourth-order valence-electron chi connectivity index (χ4n) is 5.95. The summed E-state index contributed by atoms with van der Waals surface area (Å²) in [5.74, 6) is -0.974. The van der Waals surface area contributed by atoms with Crippen LogP contribution in [-0.2, 0) is 27.3 Å². The Bertz CT molecular complexity index is 1600. The number of nitrogens with two attached hydrogens (primary N) is 1. The molecule has 1 aliphatic rings. The molecule has 8 nitrogen and oxygen atoms in total. The molecule has 0 aromatic heterocycles. The highest BCUT2D eigenvalue weighted by Gasteiger charge is 2.34. The predicted molar refractivity (Wildman–Crippen MR) is 178 cm³/mol. The van der Waals surface area contributed by atoms with Gasteiger partial charge in [0.2, 0.25) is 11.8 Å². The number of carboxylic acid groups (broad SMARTS) is 1. The van der Waals surface area contributed by atoms with Crippen LogP contribution < -0.4 is 16.4 Å². The zero-order valence-electron chi connectivity index (χ0n) is 24.8.